The molecule has 3 rings (SSSR count). The third kappa shape index (κ3) is 3.36. The van der Waals surface area contributed by atoms with Crippen molar-refractivity contribution in [2.24, 2.45) is 7.05 Å². The standard InChI is InChI=1S/C15H23N5O2/c1-19-11-12(10-16-19)15-17-14(18-22-15)13-6-4-3-5-7-20(13)8-9-21-2/h10-11,13H,3-9H2,1-2H3. The van der Waals surface area contributed by atoms with E-state index in [4.69, 9.17) is 9.26 Å². The number of likely N-dealkylation sites (tertiary alicyclic amines) is 1. The predicted octanol–water partition coefficient (Wildman–Crippen LogP) is 2.03. The average Bonchev–Trinajstić information content (AvgIpc) is 3.10. The van der Waals surface area contributed by atoms with Gasteiger partial charge in [0, 0.05) is 26.9 Å². The third-order valence-corrected chi connectivity index (χ3v) is 4.14. The summed E-state index contributed by atoms with van der Waals surface area (Å²) in [4.78, 5) is 7.01. The van der Waals surface area contributed by atoms with Gasteiger partial charge in [0.2, 0.25) is 0 Å². The quantitative estimate of drug-likeness (QED) is 0.842. The predicted molar refractivity (Wildman–Crippen MR) is 81.2 cm³/mol. The van der Waals surface area contributed by atoms with Crippen LogP contribution in [-0.4, -0.2) is 51.6 Å². The largest absolute Gasteiger partial charge is 0.383 e. The fourth-order valence-electron chi connectivity index (χ4n) is 2.96. The molecule has 120 valence electrons. The normalized spacial score (nSPS) is 20.2. The van der Waals surface area contributed by atoms with Crippen molar-refractivity contribution in [3.63, 3.8) is 0 Å². The minimum Gasteiger partial charge on any atom is -0.383 e. The number of methoxy groups -OCH3 is 1. The van der Waals surface area contributed by atoms with Gasteiger partial charge >= 0.3 is 0 Å². The molecule has 0 saturated carbocycles. The van der Waals surface area contributed by atoms with Crippen LogP contribution in [-0.2, 0) is 11.8 Å². The number of nitrogens with zero attached hydrogens (tertiary/aromatic N) is 5. The molecule has 22 heavy (non-hydrogen) atoms. The van der Waals surface area contributed by atoms with E-state index in [2.05, 4.69) is 20.1 Å². The lowest BCUT2D eigenvalue weighted by molar-refractivity contribution is 0.117. The molecule has 1 aliphatic rings. The van der Waals surface area contributed by atoms with E-state index in [0.717, 1.165) is 37.5 Å². The molecule has 0 N–H and O–H groups in total. The molecule has 1 saturated heterocycles. The van der Waals surface area contributed by atoms with Crippen molar-refractivity contribution in [3.05, 3.63) is 18.2 Å². The smallest absolute Gasteiger partial charge is 0.261 e. The molecule has 1 atom stereocenters. The summed E-state index contributed by atoms with van der Waals surface area (Å²) in [6.45, 7) is 2.69. The number of ether oxygens (including phenoxy) is 1. The fourth-order valence-corrected chi connectivity index (χ4v) is 2.96. The molecule has 7 nitrogen and oxygen atoms in total. The van der Waals surface area contributed by atoms with E-state index in [1.165, 1.54) is 19.3 Å². The van der Waals surface area contributed by atoms with Crippen LogP contribution in [0, 0.1) is 0 Å². The van der Waals surface area contributed by atoms with Gasteiger partial charge in [-0.15, -0.1) is 0 Å². The highest BCUT2D eigenvalue weighted by Gasteiger charge is 2.27. The van der Waals surface area contributed by atoms with Crippen molar-refractivity contribution in [2.75, 3.05) is 26.8 Å². The first-order chi connectivity index (χ1) is 10.8. The lowest BCUT2D eigenvalue weighted by atomic mass is 10.1. The van der Waals surface area contributed by atoms with Crippen LogP contribution < -0.4 is 0 Å². The lowest BCUT2D eigenvalue weighted by Gasteiger charge is -2.27. The Bertz CT molecular complexity index is 594. The van der Waals surface area contributed by atoms with Gasteiger partial charge in [0.1, 0.15) is 0 Å². The van der Waals surface area contributed by atoms with Crippen molar-refractivity contribution in [1.29, 1.82) is 0 Å². The van der Waals surface area contributed by atoms with Gasteiger partial charge in [-0.05, 0) is 19.4 Å². The van der Waals surface area contributed by atoms with Crippen LogP contribution in [0.15, 0.2) is 16.9 Å². The van der Waals surface area contributed by atoms with Gasteiger partial charge in [-0.25, -0.2) is 0 Å². The van der Waals surface area contributed by atoms with E-state index < -0.39 is 0 Å². The average molecular weight is 305 g/mol. The molecular formula is C15H23N5O2. The molecule has 0 spiro atoms. The van der Waals surface area contributed by atoms with Gasteiger partial charge in [-0.1, -0.05) is 18.0 Å². The minimum atomic E-state index is 0.215. The van der Waals surface area contributed by atoms with Crippen LogP contribution in [0.3, 0.4) is 0 Å². The van der Waals surface area contributed by atoms with Gasteiger partial charge in [0.25, 0.3) is 5.89 Å². The first kappa shape index (κ1) is 15.2. The maximum atomic E-state index is 5.44. The van der Waals surface area contributed by atoms with Gasteiger partial charge in [-0.3, -0.25) is 9.58 Å². The monoisotopic (exact) mass is 305 g/mol. The Morgan fingerprint density at radius 3 is 3.05 bits per heavy atom. The molecule has 7 heteroatoms. The number of aryl methyl sites for hydroxylation is 1. The SMILES string of the molecule is COCCN1CCCCCC1c1noc(-c2cnn(C)c2)n1. The summed E-state index contributed by atoms with van der Waals surface area (Å²) in [6.07, 6.45) is 8.36. The van der Waals surface area contributed by atoms with Gasteiger partial charge in [0.05, 0.1) is 24.4 Å². The zero-order valence-corrected chi connectivity index (χ0v) is 13.2. The van der Waals surface area contributed by atoms with E-state index in [1.54, 1.807) is 18.0 Å². The van der Waals surface area contributed by atoms with E-state index >= 15 is 0 Å². The molecule has 1 fully saturated rings. The van der Waals surface area contributed by atoms with E-state index in [-0.39, 0.29) is 6.04 Å². The molecule has 1 unspecified atom stereocenters. The Labute approximate surface area is 130 Å². The summed E-state index contributed by atoms with van der Waals surface area (Å²) in [6, 6.07) is 0.215. The van der Waals surface area contributed by atoms with Crippen LogP contribution in [0.5, 0.6) is 0 Å². The summed E-state index contributed by atoms with van der Waals surface area (Å²) in [5.41, 5.74) is 0.860. The van der Waals surface area contributed by atoms with E-state index in [1.807, 2.05) is 13.2 Å². The zero-order valence-electron chi connectivity index (χ0n) is 13.2. The maximum absolute atomic E-state index is 5.44. The summed E-state index contributed by atoms with van der Waals surface area (Å²) in [7, 11) is 3.61. The van der Waals surface area contributed by atoms with E-state index in [9.17, 15) is 0 Å². The second-order valence-electron chi connectivity index (χ2n) is 5.75. The minimum absolute atomic E-state index is 0.215. The number of hydrogen-bond donors (Lipinski definition) is 0. The first-order valence-corrected chi connectivity index (χ1v) is 7.83. The Kier molecular flexibility index (Phi) is 4.84. The van der Waals surface area contributed by atoms with Crippen molar-refractivity contribution in [3.8, 4) is 11.5 Å². The Morgan fingerprint density at radius 1 is 1.36 bits per heavy atom. The number of aromatic nitrogens is 4. The van der Waals surface area contributed by atoms with Crippen LogP contribution in [0.25, 0.3) is 11.5 Å². The van der Waals surface area contributed by atoms with Crippen LogP contribution in [0.2, 0.25) is 0 Å². The molecule has 2 aromatic rings. The molecule has 0 aliphatic carbocycles. The highest BCUT2D eigenvalue weighted by atomic mass is 16.5. The molecule has 0 bridgehead atoms. The first-order valence-electron chi connectivity index (χ1n) is 7.83. The molecule has 3 heterocycles. The molecule has 0 radical (unpaired) electrons. The second kappa shape index (κ2) is 7.02. The second-order valence-corrected chi connectivity index (χ2v) is 5.75. The van der Waals surface area contributed by atoms with Gasteiger partial charge < -0.3 is 9.26 Å². The summed E-state index contributed by atoms with van der Waals surface area (Å²) in [5, 5.41) is 8.37. The highest BCUT2D eigenvalue weighted by molar-refractivity contribution is 5.49. The van der Waals surface area contributed by atoms with Crippen LogP contribution >= 0.6 is 0 Å². The molecule has 0 amide bonds. The van der Waals surface area contributed by atoms with E-state index in [0.29, 0.717) is 5.89 Å². The fraction of sp³-hybridized carbons (Fsp3) is 0.667. The molecule has 0 aromatic carbocycles. The summed E-state index contributed by atoms with van der Waals surface area (Å²) >= 11 is 0. The molecule has 1 aliphatic heterocycles. The van der Waals surface area contributed by atoms with Crippen molar-refractivity contribution < 1.29 is 9.26 Å². The zero-order chi connectivity index (χ0) is 15.4. The molecule has 2 aromatic heterocycles. The topological polar surface area (TPSA) is 69.2 Å². The highest BCUT2D eigenvalue weighted by Crippen LogP contribution is 2.29. The summed E-state index contributed by atoms with van der Waals surface area (Å²) < 4.78 is 12.4. The van der Waals surface area contributed by atoms with Crippen molar-refractivity contribution in [1.82, 2.24) is 24.8 Å². The van der Waals surface area contributed by atoms with Crippen molar-refractivity contribution in [2.45, 2.75) is 31.7 Å². The van der Waals surface area contributed by atoms with Gasteiger partial charge in [-0.2, -0.15) is 10.1 Å². The maximum Gasteiger partial charge on any atom is 0.261 e. The van der Waals surface area contributed by atoms with Crippen molar-refractivity contribution >= 4 is 0 Å². The molecular weight excluding hydrogens is 282 g/mol. The Morgan fingerprint density at radius 2 is 2.27 bits per heavy atom. The number of hydrogen-bond acceptors (Lipinski definition) is 6. The third-order valence-electron chi connectivity index (χ3n) is 4.14. The summed E-state index contributed by atoms with van der Waals surface area (Å²) in [5.74, 6) is 1.32. The Hall–Kier alpha value is -1.73. The lowest BCUT2D eigenvalue weighted by Crippen LogP contribution is -2.32. The number of rotatable bonds is 5. The van der Waals surface area contributed by atoms with Gasteiger partial charge in [0.15, 0.2) is 5.82 Å². The van der Waals surface area contributed by atoms with Crippen LogP contribution in [0.4, 0.5) is 0 Å². The Balaban J connectivity index is 1.79. The van der Waals surface area contributed by atoms with Crippen LogP contribution in [0.1, 0.15) is 37.5 Å².